The van der Waals surface area contributed by atoms with Crippen LogP contribution in [0.1, 0.15) is 44.2 Å². The van der Waals surface area contributed by atoms with Crippen molar-refractivity contribution in [1.29, 1.82) is 0 Å². The van der Waals surface area contributed by atoms with E-state index in [-0.39, 0.29) is 12.2 Å². The average molecular weight is 421 g/mol. The maximum absolute atomic E-state index is 13.5. The number of aliphatic imine (C=N–C) groups is 1. The molecule has 1 aromatic rings. The highest BCUT2D eigenvalue weighted by atomic mass is 19.4. The molecule has 0 bridgehead atoms. The summed E-state index contributed by atoms with van der Waals surface area (Å²) in [5.41, 5.74) is -1.99. The third-order valence-electron chi connectivity index (χ3n) is 4.07. The molecule has 1 N–H and O–H groups in total. The summed E-state index contributed by atoms with van der Waals surface area (Å²) in [7, 11) is 5.13. The Labute approximate surface area is 172 Å². The molecule has 0 heterocycles. The van der Waals surface area contributed by atoms with E-state index in [0.29, 0.717) is 24.3 Å². The van der Waals surface area contributed by atoms with Crippen LogP contribution >= 0.6 is 0 Å². The van der Waals surface area contributed by atoms with Gasteiger partial charge in [0, 0.05) is 47.4 Å². The lowest BCUT2D eigenvalue weighted by Crippen LogP contribution is -2.43. The van der Waals surface area contributed by atoms with E-state index in [4.69, 9.17) is 4.74 Å². The number of methoxy groups -OCH3 is 1. The fraction of sp³-hybridized carbons (Fsp3) is 0.667. The highest BCUT2D eigenvalue weighted by molar-refractivity contribution is 5.63. The van der Waals surface area contributed by atoms with Gasteiger partial charge >= 0.3 is 6.18 Å². The highest BCUT2D eigenvalue weighted by Gasteiger charge is 2.54. The fourth-order valence-electron chi connectivity index (χ4n) is 2.54. The van der Waals surface area contributed by atoms with Gasteiger partial charge in [0.05, 0.1) is 12.0 Å². The van der Waals surface area contributed by atoms with E-state index in [1.165, 1.54) is 18.2 Å². The van der Waals surface area contributed by atoms with E-state index in [1.807, 2.05) is 25.8 Å². The molecule has 0 aliphatic heterocycles. The van der Waals surface area contributed by atoms with E-state index in [1.54, 1.807) is 27.5 Å². The molecule has 1 rings (SSSR count). The first-order chi connectivity index (χ1) is 13.6. The quantitative estimate of drug-likeness (QED) is 0.335. The van der Waals surface area contributed by atoms with E-state index in [2.05, 4.69) is 9.73 Å². The van der Waals surface area contributed by atoms with Crippen molar-refractivity contribution in [2.24, 2.45) is 4.99 Å². The summed E-state index contributed by atoms with van der Waals surface area (Å²) in [4.78, 5) is 6.22. The number of ether oxygens (including phenoxy) is 2. The summed E-state index contributed by atoms with van der Waals surface area (Å²) in [6, 6.07) is 4.14. The van der Waals surface area contributed by atoms with E-state index in [9.17, 15) is 18.3 Å². The summed E-state index contributed by atoms with van der Waals surface area (Å²) >= 11 is 0. The molecule has 0 aliphatic carbocycles. The molecule has 0 spiro atoms. The highest BCUT2D eigenvalue weighted by Crippen LogP contribution is 2.42. The first-order valence-electron chi connectivity index (χ1n) is 9.69. The molecule has 5 nitrogen and oxygen atoms in total. The number of aryl methyl sites for hydroxylation is 1. The Bertz CT molecular complexity index is 609. The maximum Gasteiger partial charge on any atom is 0.421 e. The summed E-state index contributed by atoms with van der Waals surface area (Å²) < 4.78 is 50.0. The molecule has 0 fully saturated rings. The molecule has 0 aromatic heterocycles. The third-order valence-corrected chi connectivity index (χ3v) is 4.07. The lowest BCUT2D eigenvalue weighted by molar-refractivity contribution is -0.272. The van der Waals surface area contributed by atoms with Crippen molar-refractivity contribution in [1.82, 2.24) is 4.90 Å². The molecule has 0 radical (unpaired) electrons. The molecule has 0 saturated heterocycles. The van der Waals surface area contributed by atoms with Crippen molar-refractivity contribution in [3.8, 4) is 0 Å². The smallest absolute Gasteiger partial charge is 0.388 e. The molecule has 8 heteroatoms. The van der Waals surface area contributed by atoms with Gasteiger partial charge in [0.2, 0.25) is 0 Å². The molecule has 0 amide bonds. The molecule has 168 valence electrons. The molecular formula is C21H35F3N2O3. The fourth-order valence-corrected chi connectivity index (χ4v) is 2.54. The first-order valence-corrected chi connectivity index (χ1v) is 9.69. The zero-order valence-electron chi connectivity index (χ0n) is 18.3. The molecule has 29 heavy (non-hydrogen) atoms. The minimum absolute atomic E-state index is 0.162. The predicted molar refractivity (Wildman–Crippen MR) is 111 cm³/mol. The zero-order chi connectivity index (χ0) is 22.5. The molecule has 0 aliphatic rings. The van der Waals surface area contributed by atoms with Crippen LogP contribution in [0.5, 0.6) is 0 Å². The van der Waals surface area contributed by atoms with Crippen LogP contribution in [0.3, 0.4) is 0 Å². The standard InChI is InChI=1S/C19H29F3N2O2.C2H6O/c1-5-10-24(4)14-23-17-8-7-16(13-15(17)3)18(25,19(20,21)22)9-12-26-11-6-2;1-3-2/h7-8,13-14,25H,5-6,9-12H2,1-4H3;1-2H3. The Morgan fingerprint density at radius 3 is 2.24 bits per heavy atom. The van der Waals surface area contributed by atoms with Crippen LogP contribution in [-0.2, 0) is 15.1 Å². The molecule has 1 atom stereocenters. The number of halogens is 3. The summed E-state index contributed by atoms with van der Waals surface area (Å²) in [5.74, 6) is 0. The average Bonchev–Trinajstić information content (AvgIpc) is 2.64. The maximum atomic E-state index is 13.5. The summed E-state index contributed by atoms with van der Waals surface area (Å²) in [6.45, 7) is 6.65. The lowest BCUT2D eigenvalue weighted by Gasteiger charge is -2.31. The number of nitrogens with zero attached hydrogens (tertiary/aromatic N) is 2. The second-order valence-electron chi connectivity index (χ2n) is 6.86. The minimum Gasteiger partial charge on any atom is -0.388 e. The van der Waals surface area contributed by atoms with Crippen molar-refractivity contribution in [3.05, 3.63) is 29.3 Å². The third kappa shape index (κ3) is 9.14. The Balaban J connectivity index is 0.00000245. The summed E-state index contributed by atoms with van der Waals surface area (Å²) in [5, 5.41) is 10.4. The van der Waals surface area contributed by atoms with Crippen LogP contribution < -0.4 is 0 Å². The van der Waals surface area contributed by atoms with E-state index in [0.717, 1.165) is 13.0 Å². The Hall–Kier alpha value is -1.64. The van der Waals surface area contributed by atoms with Gasteiger partial charge in [0.1, 0.15) is 0 Å². The van der Waals surface area contributed by atoms with Crippen molar-refractivity contribution in [3.63, 3.8) is 0 Å². The SMILES string of the molecule is CCCOCCC(O)(c1ccc(N=CN(C)CCC)c(C)c1)C(F)(F)F.COC. The number of aliphatic hydroxyl groups is 1. The molecule has 0 saturated carbocycles. The summed E-state index contributed by atoms with van der Waals surface area (Å²) in [6.07, 6.45) is -2.00. The van der Waals surface area contributed by atoms with Gasteiger partial charge in [-0.3, -0.25) is 0 Å². The van der Waals surface area contributed by atoms with Gasteiger partial charge in [0.15, 0.2) is 5.60 Å². The molecular weight excluding hydrogens is 385 g/mol. The van der Waals surface area contributed by atoms with Crippen LogP contribution in [0, 0.1) is 6.92 Å². The second kappa shape index (κ2) is 13.6. The topological polar surface area (TPSA) is 54.3 Å². The zero-order valence-corrected chi connectivity index (χ0v) is 18.3. The van der Waals surface area contributed by atoms with Crippen molar-refractivity contribution in [2.75, 3.05) is 41.0 Å². The second-order valence-corrected chi connectivity index (χ2v) is 6.86. The number of hydrogen-bond donors (Lipinski definition) is 1. The van der Waals surface area contributed by atoms with Crippen LogP contribution in [0.4, 0.5) is 18.9 Å². The van der Waals surface area contributed by atoms with Gasteiger partial charge < -0.3 is 19.5 Å². The van der Waals surface area contributed by atoms with Gasteiger partial charge in [0.25, 0.3) is 0 Å². The van der Waals surface area contributed by atoms with Crippen LogP contribution in [0.15, 0.2) is 23.2 Å². The monoisotopic (exact) mass is 420 g/mol. The number of alkyl halides is 3. The number of rotatable bonds is 10. The van der Waals surface area contributed by atoms with Gasteiger partial charge in [-0.15, -0.1) is 0 Å². The van der Waals surface area contributed by atoms with Crippen molar-refractivity contribution < 1.29 is 27.8 Å². The number of benzene rings is 1. The lowest BCUT2D eigenvalue weighted by atomic mass is 9.88. The van der Waals surface area contributed by atoms with Gasteiger partial charge in [-0.2, -0.15) is 13.2 Å². The molecule has 1 unspecified atom stereocenters. The predicted octanol–water partition coefficient (Wildman–Crippen LogP) is 4.83. The van der Waals surface area contributed by atoms with Gasteiger partial charge in [-0.05, 0) is 37.0 Å². The van der Waals surface area contributed by atoms with Crippen LogP contribution in [0.2, 0.25) is 0 Å². The number of hydrogen-bond acceptors (Lipinski definition) is 4. The molecule has 1 aromatic carbocycles. The largest absolute Gasteiger partial charge is 0.421 e. The Morgan fingerprint density at radius 2 is 1.76 bits per heavy atom. The Morgan fingerprint density at radius 1 is 1.14 bits per heavy atom. The first kappa shape index (κ1) is 27.4. The van der Waals surface area contributed by atoms with Crippen LogP contribution in [0.25, 0.3) is 0 Å². The van der Waals surface area contributed by atoms with Crippen molar-refractivity contribution >= 4 is 12.0 Å². The normalized spacial score (nSPS) is 13.7. The van der Waals surface area contributed by atoms with Gasteiger partial charge in [-0.25, -0.2) is 4.99 Å². The van der Waals surface area contributed by atoms with Crippen LogP contribution in [-0.4, -0.2) is 63.5 Å². The van der Waals surface area contributed by atoms with Gasteiger partial charge in [-0.1, -0.05) is 26.0 Å². The minimum atomic E-state index is -4.79. The van der Waals surface area contributed by atoms with Crippen molar-refractivity contribution in [2.45, 2.75) is 51.8 Å². The van der Waals surface area contributed by atoms with E-state index < -0.39 is 18.2 Å². The Kier molecular flexibility index (Phi) is 12.8. The van der Waals surface area contributed by atoms with E-state index >= 15 is 0 Å².